The molecule has 0 aromatic carbocycles. The Hall–Kier alpha value is -1.30. The first-order valence-corrected chi connectivity index (χ1v) is 7.59. The molecule has 0 aromatic rings. The Balaban J connectivity index is 2.45. The van der Waals surface area contributed by atoms with Crippen LogP contribution in [0.2, 0.25) is 0 Å². The molecule has 1 unspecified atom stereocenters. The second-order valence-corrected chi connectivity index (χ2v) is 6.54. The van der Waals surface area contributed by atoms with Crippen molar-refractivity contribution in [1.29, 1.82) is 0 Å². The molecule has 0 spiro atoms. The van der Waals surface area contributed by atoms with E-state index in [2.05, 4.69) is 5.32 Å². The Kier molecular flexibility index (Phi) is 6.45. The summed E-state index contributed by atoms with van der Waals surface area (Å²) in [6.45, 7) is 10.8. The number of amides is 2. The number of carbonyl (C=O) groups is 2. The number of nitrogens with one attached hydrogen (secondary N) is 1. The number of nitrogens with zero attached hydrogens (tertiary/aromatic N) is 1. The molecule has 1 rings (SSSR count). The SMILES string of the molecule is CC(C)OCCNC(=O)C1CCCN1C(=O)OC(C)(C)C. The van der Waals surface area contributed by atoms with Gasteiger partial charge in [0, 0.05) is 13.1 Å². The van der Waals surface area contributed by atoms with Gasteiger partial charge in [-0.2, -0.15) is 0 Å². The number of hydrogen-bond acceptors (Lipinski definition) is 4. The van der Waals surface area contributed by atoms with Crippen LogP contribution in [0.4, 0.5) is 4.79 Å². The minimum atomic E-state index is -0.550. The quantitative estimate of drug-likeness (QED) is 0.788. The molecule has 0 saturated carbocycles. The predicted molar refractivity (Wildman–Crippen MR) is 80.1 cm³/mol. The lowest BCUT2D eigenvalue weighted by Crippen LogP contribution is -2.48. The van der Waals surface area contributed by atoms with Crippen molar-refractivity contribution in [2.24, 2.45) is 0 Å². The summed E-state index contributed by atoms with van der Waals surface area (Å²) in [5.41, 5.74) is -0.550. The largest absolute Gasteiger partial charge is 0.444 e. The van der Waals surface area contributed by atoms with E-state index in [0.717, 1.165) is 6.42 Å². The van der Waals surface area contributed by atoms with Gasteiger partial charge in [0.25, 0.3) is 0 Å². The van der Waals surface area contributed by atoms with Crippen molar-refractivity contribution >= 4 is 12.0 Å². The van der Waals surface area contributed by atoms with Crippen molar-refractivity contribution < 1.29 is 19.1 Å². The Morgan fingerprint density at radius 3 is 2.57 bits per heavy atom. The molecule has 6 heteroatoms. The van der Waals surface area contributed by atoms with Gasteiger partial charge < -0.3 is 14.8 Å². The summed E-state index contributed by atoms with van der Waals surface area (Å²) >= 11 is 0. The van der Waals surface area contributed by atoms with E-state index >= 15 is 0 Å². The summed E-state index contributed by atoms with van der Waals surface area (Å²) in [6, 6.07) is -0.432. The normalized spacial score (nSPS) is 19.0. The topological polar surface area (TPSA) is 67.9 Å². The van der Waals surface area contributed by atoms with Crippen molar-refractivity contribution in [3.05, 3.63) is 0 Å². The summed E-state index contributed by atoms with van der Waals surface area (Å²) < 4.78 is 10.7. The van der Waals surface area contributed by atoms with E-state index in [1.54, 1.807) is 0 Å². The van der Waals surface area contributed by atoms with Gasteiger partial charge in [0.1, 0.15) is 11.6 Å². The summed E-state index contributed by atoms with van der Waals surface area (Å²) in [7, 11) is 0. The maximum Gasteiger partial charge on any atom is 0.410 e. The lowest BCUT2D eigenvalue weighted by molar-refractivity contribution is -0.125. The zero-order valence-corrected chi connectivity index (χ0v) is 13.8. The van der Waals surface area contributed by atoms with Gasteiger partial charge in [-0.05, 0) is 47.5 Å². The Morgan fingerprint density at radius 2 is 2.00 bits per heavy atom. The molecule has 1 N–H and O–H groups in total. The molecule has 21 heavy (non-hydrogen) atoms. The van der Waals surface area contributed by atoms with E-state index in [4.69, 9.17) is 9.47 Å². The molecule has 2 amide bonds. The highest BCUT2D eigenvalue weighted by molar-refractivity contribution is 5.86. The molecule has 1 heterocycles. The van der Waals surface area contributed by atoms with Crippen LogP contribution in [-0.4, -0.2) is 54.3 Å². The number of ether oxygens (including phenoxy) is 2. The third kappa shape index (κ3) is 6.33. The van der Waals surface area contributed by atoms with Crippen molar-refractivity contribution in [2.45, 2.75) is 65.2 Å². The van der Waals surface area contributed by atoms with E-state index in [9.17, 15) is 9.59 Å². The van der Waals surface area contributed by atoms with E-state index in [1.807, 2.05) is 34.6 Å². The molecule has 1 aliphatic heterocycles. The van der Waals surface area contributed by atoms with Crippen LogP contribution in [0.25, 0.3) is 0 Å². The molecule has 1 fully saturated rings. The fraction of sp³-hybridized carbons (Fsp3) is 0.867. The highest BCUT2D eigenvalue weighted by Gasteiger charge is 2.36. The Morgan fingerprint density at radius 1 is 1.33 bits per heavy atom. The van der Waals surface area contributed by atoms with E-state index in [1.165, 1.54) is 4.90 Å². The molecule has 0 aromatic heterocycles. The minimum Gasteiger partial charge on any atom is -0.444 e. The highest BCUT2D eigenvalue weighted by atomic mass is 16.6. The van der Waals surface area contributed by atoms with E-state index in [0.29, 0.717) is 26.1 Å². The van der Waals surface area contributed by atoms with Gasteiger partial charge in [-0.15, -0.1) is 0 Å². The zero-order valence-electron chi connectivity index (χ0n) is 13.8. The second-order valence-electron chi connectivity index (χ2n) is 6.54. The molecule has 0 aliphatic carbocycles. The number of likely N-dealkylation sites (tertiary alicyclic amines) is 1. The first-order chi connectivity index (χ1) is 9.70. The van der Waals surface area contributed by atoms with Crippen LogP contribution in [0.15, 0.2) is 0 Å². The standard InChI is InChI=1S/C15H28N2O4/c1-11(2)20-10-8-16-13(18)12-7-6-9-17(12)14(19)21-15(3,4)5/h11-12H,6-10H2,1-5H3,(H,16,18). The molecule has 122 valence electrons. The van der Waals surface area contributed by atoms with Crippen LogP contribution in [0.1, 0.15) is 47.5 Å². The molecule has 0 radical (unpaired) electrons. The highest BCUT2D eigenvalue weighted by Crippen LogP contribution is 2.20. The van der Waals surface area contributed by atoms with E-state index in [-0.39, 0.29) is 12.0 Å². The van der Waals surface area contributed by atoms with Gasteiger partial charge in [0.2, 0.25) is 5.91 Å². The van der Waals surface area contributed by atoms with Crippen LogP contribution in [0.3, 0.4) is 0 Å². The van der Waals surface area contributed by atoms with Crippen LogP contribution >= 0.6 is 0 Å². The van der Waals surface area contributed by atoms with Crippen molar-refractivity contribution in [3.8, 4) is 0 Å². The van der Waals surface area contributed by atoms with Gasteiger partial charge in [-0.25, -0.2) is 4.79 Å². The summed E-state index contributed by atoms with van der Waals surface area (Å²) in [5, 5.41) is 2.81. The molecule has 1 saturated heterocycles. The second kappa shape index (κ2) is 7.64. The van der Waals surface area contributed by atoms with Gasteiger partial charge in [0.15, 0.2) is 0 Å². The molecular weight excluding hydrogens is 272 g/mol. The molecule has 0 bridgehead atoms. The van der Waals surface area contributed by atoms with Gasteiger partial charge in [0.05, 0.1) is 12.7 Å². The van der Waals surface area contributed by atoms with Crippen LogP contribution < -0.4 is 5.32 Å². The number of rotatable bonds is 5. The predicted octanol–water partition coefficient (Wildman–Crippen LogP) is 1.93. The van der Waals surface area contributed by atoms with Crippen molar-refractivity contribution in [2.75, 3.05) is 19.7 Å². The van der Waals surface area contributed by atoms with Crippen LogP contribution in [0, 0.1) is 0 Å². The van der Waals surface area contributed by atoms with E-state index < -0.39 is 17.7 Å². The van der Waals surface area contributed by atoms with Crippen molar-refractivity contribution in [1.82, 2.24) is 10.2 Å². The van der Waals surface area contributed by atoms with Gasteiger partial charge >= 0.3 is 6.09 Å². The maximum atomic E-state index is 12.2. The first kappa shape index (κ1) is 17.8. The number of hydrogen-bond donors (Lipinski definition) is 1. The lowest BCUT2D eigenvalue weighted by atomic mass is 10.2. The fourth-order valence-electron chi connectivity index (χ4n) is 2.17. The Bertz CT molecular complexity index is 363. The summed E-state index contributed by atoms with van der Waals surface area (Å²) in [6.07, 6.45) is 1.22. The van der Waals surface area contributed by atoms with Crippen LogP contribution in [-0.2, 0) is 14.3 Å². The molecule has 6 nitrogen and oxygen atoms in total. The van der Waals surface area contributed by atoms with Crippen LogP contribution in [0.5, 0.6) is 0 Å². The third-order valence-electron chi connectivity index (χ3n) is 3.04. The fourth-order valence-corrected chi connectivity index (χ4v) is 2.17. The average Bonchev–Trinajstić information content (AvgIpc) is 2.81. The lowest BCUT2D eigenvalue weighted by Gasteiger charge is -2.28. The summed E-state index contributed by atoms with van der Waals surface area (Å²) in [5.74, 6) is -0.134. The van der Waals surface area contributed by atoms with Gasteiger partial charge in [-0.1, -0.05) is 0 Å². The zero-order chi connectivity index (χ0) is 16.0. The molecule has 1 atom stereocenters. The monoisotopic (exact) mass is 300 g/mol. The first-order valence-electron chi connectivity index (χ1n) is 7.59. The molecule has 1 aliphatic rings. The van der Waals surface area contributed by atoms with Crippen molar-refractivity contribution in [3.63, 3.8) is 0 Å². The molecular formula is C15H28N2O4. The smallest absolute Gasteiger partial charge is 0.410 e. The summed E-state index contributed by atoms with van der Waals surface area (Å²) in [4.78, 5) is 25.8. The Labute approximate surface area is 127 Å². The third-order valence-corrected chi connectivity index (χ3v) is 3.04. The average molecular weight is 300 g/mol. The number of carbonyl (C=O) groups excluding carboxylic acids is 2. The van der Waals surface area contributed by atoms with Gasteiger partial charge in [-0.3, -0.25) is 9.69 Å². The maximum absolute atomic E-state index is 12.2. The minimum absolute atomic E-state index is 0.134.